The number of ether oxygens (including phenoxy) is 2. The molecular weight excluding hydrogens is 706 g/mol. The molecule has 2 aliphatic heterocycles. The number of nitrogens with zero attached hydrogens (tertiary/aromatic N) is 4. The zero-order valence-corrected chi connectivity index (χ0v) is 32.3. The highest BCUT2D eigenvalue weighted by molar-refractivity contribution is 7.93. The van der Waals surface area contributed by atoms with Gasteiger partial charge >= 0.3 is 0 Å². The molecule has 3 heterocycles. The van der Waals surface area contributed by atoms with Crippen LogP contribution in [0.25, 0.3) is 0 Å². The van der Waals surface area contributed by atoms with E-state index in [1.54, 1.807) is 39.3 Å². The number of amides is 2. The number of benzene rings is 2. The van der Waals surface area contributed by atoms with E-state index in [0.717, 1.165) is 42.6 Å². The van der Waals surface area contributed by atoms with Gasteiger partial charge in [0.25, 0.3) is 11.8 Å². The van der Waals surface area contributed by atoms with Crippen LogP contribution in [0.3, 0.4) is 0 Å². The summed E-state index contributed by atoms with van der Waals surface area (Å²) in [6.07, 6.45) is 10.5. The second-order valence-electron chi connectivity index (χ2n) is 14.5. The second-order valence-corrected chi connectivity index (χ2v) is 17.7. The predicted octanol–water partition coefficient (Wildman–Crippen LogP) is 6.68. The molecular formula is C38H48ClN5O5S2. The van der Waals surface area contributed by atoms with Crippen molar-refractivity contribution in [1.29, 1.82) is 0 Å². The van der Waals surface area contributed by atoms with E-state index in [9.17, 15) is 13.8 Å². The number of aromatic nitrogens is 2. The highest BCUT2D eigenvalue weighted by Crippen LogP contribution is 2.44. The molecule has 6 rings (SSSR count). The van der Waals surface area contributed by atoms with E-state index in [-0.39, 0.29) is 23.1 Å². The molecule has 51 heavy (non-hydrogen) atoms. The lowest BCUT2D eigenvalue weighted by Crippen LogP contribution is -2.48. The number of methoxy groups -OCH3 is 1. The third-order valence-electron chi connectivity index (χ3n) is 10.9. The lowest BCUT2D eigenvalue weighted by atomic mass is 9.69. The molecule has 3 aromatic rings. The second kappa shape index (κ2) is 15.3. The zero-order valence-electron chi connectivity index (χ0n) is 29.9. The summed E-state index contributed by atoms with van der Waals surface area (Å²) >= 11 is 11.0. The smallest absolute Gasteiger partial charge is 0.286 e. The van der Waals surface area contributed by atoms with Gasteiger partial charge in [-0.15, -0.1) is 4.36 Å². The van der Waals surface area contributed by atoms with E-state index < -0.39 is 32.4 Å². The summed E-state index contributed by atoms with van der Waals surface area (Å²) in [5.74, 6) is 0.545. The Morgan fingerprint density at radius 3 is 2.71 bits per heavy atom. The molecule has 7 atom stereocenters. The van der Waals surface area contributed by atoms with Crippen molar-refractivity contribution in [2.75, 3.05) is 37.5 Å². The first-order valence-corrected chi connectivity index (χ1v) is 20.1. The lowest BCUT2D eigenvalue weighted by molar-refractivity contribution is 0.0132. The number of allylic oxidation sites excluding steroid dienone is 1. The van der Waals surface area contributed by atoms with Crippen LogP contribution >= 0.6 is 24.2 Å². The molecule has 2 bridgehead atoms. The van der Waals surface area contributed by atoms with Gasteiger partial charge in [0.2, 0.25) is 0 Å². The van der Waals surface area contributed by atoms with Crippen molar-refractivity contribution in [2.24, 2.45) is 29.2 Å². The molecule has 0 radical (unpaired) electrons. The van der Waals surface area contributed by atoms with Crippen LogP contribution in [0.5, 0.6) is 5.75 Å². The highest BCUT2D eigenvalue weighted by Gasteiger charge is 2.42. The van der Waals surface area contributed by atoms with Crippen molar-refractivity contribution in [3.05, 3.63) is 88.2 Å². The van der Waals surface area contributed by atoms with Gasteiger partial charge in [-0.2, -0.15) is 17.7 Å². The molecule has 1 unspecified atom stereocenters. The first-order valence-electron chi connectivity index (χ1n) is 17.6. The monoisotopic (exact) mass is 753 g/mol. The highest BCUT2D eigenvalue weighted by atomic mass is 35.5. The maximum absolute atomic E-state index is 14.7. The number of carbonyl (C=O) groups is 2. The lowest BCUT2D eigenvalue weighted by Gasteiger charge is -2.44. The molecule has 1 aromatic heterocycles. The Kier molecular flexibility index (Phi) is 11.3. The summed E-state index contributed by atoms with van der Waals surface area (Å²) in [5, 5.41) is 4.09. The number of hydrogen-bond acceptors (Lipinski definition) is 8. The van der Waals surface area contributed by atoms with E-state index in [1.165, 1.54) is 17.1 Å². The molecule has 1 N–H and O–H groups in total. The van der Waals surface area contributed by atoms with Gasteiger partial charge in [0, 0.05) is 49.4 Å². The molecule has 1 fully saturated rings. The largest absolute Gasteiger partial charge is 0.490 e. The molecule has 274 valence electrons. The van der Waals surface area contributed by atoms with E-state index in [4.69, 9.17) is 21.1 Å². The number of anilines is 1. The van der Waals surface area contributed by atoms with Crippen LogP contribution in [-0.4, -0.2) is 69.7 Å². The summed E-state index contributed by atoms with van der Waals surface area (Å²) in [6, 6.07) is 11.3. The normalized spacial score (nSPS) is 30.2. The Morgan fingerprint density at radius 2 is 2.02 bits per heavy atom. The van der Waals surface area contributed by atoms with E-state index in [2.05, 4.69) is 56.9 Å². The van der Waals surface area contributed by atoms with Gasteiger partial charge in [-0.3, -0.25) is 19.0 Å². The zero-order chi connectivity index (χ0) is 36.5. The van der Waals surface area contributed by atoms with Crippen LogP contribution in [-0.2, 0) is 33.5 Å². The van der Waals surface area contributed by atoms with Gasteiger partial charge in [-0.1, -0.05) is 43.7 Å². The van der Waals surface area contributed by atoms with Gasteiger partial charge in [0.15, 0.2) is 0 Å². The molecule has 1 aliphatic carbocycles. The van der Waals surface area contributed by atoms with Gasteiger partial charge in [-0.25, -0.2) is 4.21 Å². The van der Waals surface area contributed by atoms with Crippen LogP contribution in [0.2, 0.25) is 5.02 Å². The average molecular weight is 754 g/mol. The Hall–Kier alpha value is -3.32. The fourth-order valence-corrected chi connectivity index (χ4v) is 9.89. The number of nitrogens with one attached hydrogen (secondary N) is 1. The standard InChI is InChI=1S/C38H48ClN5O5S2/c1-24-7-6-8-34(48-5)31-12-9-28(31)21-44-22-38(3,32-13-11-30(39)17-26(32)15-16-50)23-49-35-14-10-27(18-33(35)44)36(45)41-51(47,25(24)2)42-37(46)29-19-40-43(4)20-29/h6,8,10-11,13-14,17-20,24-25,28,31,34,50H,7,9,12,15-16,21-23H2,1-5H3,(H,41,42,45,46,47)/b8-6+/t24-,25+,28-,31+,34-,38-,51?/m0/s1. The van der Waals surface area contributed by atoms with Crippen LogP contribution < -0.4 is 14.4 Å². The average Bonchev–Trinajstić information content (AvgIpc) is 3.47. The van der Waals surface area contributed by atoms with Crippen LogP contribution in [0, 0.1) is 17.8 Å². The fraction of sp³-hybridized carbons (Fsp3) is 0.500. The van der Waals surface area contributed by atoms with Crippen LogP contribution in [0.4, 0.5) is 5.69 Å². The number of rotatable bonds is 6. The molecule has 1 saturated carbocycles. The summed E-state index contributed by atoms with van der Waals surface area (Å²) < 4.78 is 35.8. The van der Waals surface area contributed by atoms with Crippen molar-refractivity contribution in [1.82, 2.24) is 14.5 Å². The molecule has 3 aliphatic rings. The van der Waals surface area contributed by atoms with Crippen molar-refractivity contribution in [3.63, 3.8) is 0 Å². The summed E-state index contributed by atoms with van der Waals surface area (Å²) in [6.45, 7) is 7.72. The Bertz CT molecular complexity index is 1940. The Morgan fingerprint density at radius 1 is 1.22 bits per heavy atom. The molecule has 2 amide bonds. The van der Waals surface area contributed by atoms with Gasteiger partial charge < -0.3 is 14.4 Å². The first kappa shape index (κ1) is 37.4. The summed E-state index contributed by atoms with van der Waals surface area (Å²) in [5.41, 5.74) is 3.14. The minimum atomic E-state index is -3.61. The first-order chi connectivity index (χ1) is 24.3. The van der Waals surface area contributed by atoms with Gasteiger partial charge in [0.1, 0.15) is 15.7 Å². The van der Waals surface area contributed by atoms with Crippen molar-refractivity contribution in [2.45, 2.75) is 63.2 Å². The van der Waals surface area contributed by atoms with E-state index in [1.807, 2.05) is 19.1 Å². The molecule has 10 nitrogen and oxygen atoms in total. The van der Waals surface area contributed by atoms with E-state index >= 15 is 0 Å². The van der Waals surface area contributed by atoms with Crippen molar-refractivity contribution < 1.29 is 23.3 Å². The van der Waals surface area contributed by atoms with Crippen molar-refractivity contribution >= 4 is 51.6 Å². The number of hydrogen-bond donors (Lipinski definition) is 2. The maximum Gasteiger partial charge on any atom is 0.286 e. The third-order valence-corrected chi connectivity index (χ3v) is 13.8. The third kappa shape index (κ3) is 7.89. The quantitative estimate of drug-likeness (QED) is 0.213. The SMILES string of the molecule is CO[C@H]1/C=C/C[C@H](C)[C@@H](C)S(=O)(NC(=O)c2cnn(C)c2)=NC(=O)c2ccc3c(c2)N(C[C@@H]2CC[C@H]21)C[C@](C)(c1ccc(Cl)cc1CCS)CO3. The van der Waals surface area contributed by atoms with Gasteiger partial charge in [0.05, 0.1) is 35.4 Å². The van der Waals surface area contributed by atoms with E-state index in [0.29, 0.717) is 47.9 Å². The fourth-order valence-electron chi connectivity index (χ4n) is 7.58. The number of thiol groups is 1. The number of halogens is 1. The Labute approximate surface area is 312 Å². The minimum Gasteiger partial charge on any atom is -0.490 e. The Balaban J connectivity index is 1.45. The molecule has 13 heteroatoms. The molecule has 2 aromatic carbocycles. The minimum absolute atomic E-state index is 0.0845. The van der Waals surface area contributed by atoms with Crippen LogP contribution in [0.1, 0.15) is 71.9 Å². The van der Waals surface area contributed by atoms with Crippen molar-refractivity contribution in [3.8, 4) is 5.75 Å². The van der Waals surface area contributed by atoms with Gasteiger partial charge in [-0.05, 0) is 97.6 Å². The topological polar surface area (TPSA) is 115 Å². The number of aryl methyl sites for hydroxylation is 2. The summed E-state index contributed by atoms with van der Waals surface area (Å²) in [7, 11) is -0.163. The predicted molar refractivity (Wildman–Crippen MR) is 205 cm³/mol. The number of fused-ring (bicyclic) bond motifs is 2. The summed E-state index contributed by atoms with van der Waals surface area (Å²) in [4.78, 5) is 29.7. The number of carbonyl (C=O) groups excluding carboxylic acids is 2. The molecule has 0 saturated heterocycles. The maximum atomic E-state index is 14.7. The van der Waals surface area contributed by atoms with Crippen LogP contribution in [0.15, 0.2) is 65.3 Å². The molecule has 0 spiro atoms.